The number of carbonyl (C=O) groups excluding carboxylic acids is 2. The van der Waals surface area contributed by atoms with E-state index in [9.17, 15) is 14.4 Å². The molecule has 2 rings (SSSR count). The lowest BCUT2D eigenvalue weighted by Gasteiger charge is -2.34. The molecule has 6 heteroatoms. The van der Waals surface area contributed by atoms with Crippen molar-refractivity contribution in [3.05, 3.63) is 0 Å². The number of hydrogen-bond donors (Lipinski definition) is 2. The minimum Gasteiger partial charge on any atom is -0.481 e. The van der Waals surface area contributed by atoms with E-state index in [4.69, 9.17) is 5.11 Å². The number of piperazine rings is 1. The Bertz CT molecular complexity index is 368. The van der Waals surface area contributed by atoms with Gasteiger partial charge in [0.05, 0.1) is 11.8 Å². The van der Waals surface area contributed by atoms with Gasteiger partial charge in [0.15, 0.2) is 0 Å². The molecule has 3 atom stereocenters. The summed E-state index contributed by atoms with van der Waals surface area (Å²) in [5.41, 5.74) is 0. The average molecular weight is 240 g/mol. The lowest BCUT2D eigenvalue weighted by atomic mass is 10.1. The molecule has 1 aliphatic heterocycles. The molecular formula is C11H16N2O4. The van der Waals surface area contributed by atoms with Gasteiger partial charge < -0.3 is 15.3 Å². The van der Waals surface area contributed by atoms with Gasteiger partial charge in [0, 0.05) is 13.1 Å². The Morgan fingerprint density at radius 3 is 2.71 bits per heavy atom. The molecule has 94 valence electrons. The fraction of sp³-hybridized carbons (Fsp3) is 0.727. The Hall–Kier alpha value is -1.59. The number of carboxylic acids is 1. The number of carbonyl (C=O) groups is 3. The Balaban J connectivity index is 2.03. The zero-order valence-corrected chi connectivity index (χ0v) is 9.68. The molecule has 0 aromatic rings. The van der Waals surface area contributed by atoms with Crippen LogP contribution >= 0.6 is 0 Å². The van der Waals surface area contributed by atoms with Gasteiger partial charge in [0.25, 0.3) is 0 Å². The van der Waals surface area contributed by atoms with Crippen LogP contribution in [0.3, 0.4) is 0 Å². The minimum atomic E-state index is -0.919. The molecule has 2 amide bonds. The van der Waals surface area contributed by atoms with Crippen molar-refractivity contribution < 1.29 is 19.5 Å². The van der Waals surface area contributed by atoms with E-state index in [1.807, 2.05) is 6.92 Å². The summed E-state index contributed by atoms with van der Waals surface area (Å²) in [6, 6.07) is -0.439. The molecule has 17 heavy (non-hydrogen) atoms. The molecule has 6 nitrogen and oxygen atoms in total. The summed E-state index contributed by atoms with van der Waals surface area (Å²) < 4.78 is 0. The van der Waals surface area contributed by atoms with Crippen molar-refractivity contribution in [1.29, 1.82) is 0 Å². The van der Waals surface area contributed by atoms with Crippen molar-refractivity contribution in [1.82, 2.24) is 10.2 Å². The highest BCUT2D eigenvalue weighted by Crippen LogP contribution is 2.40. The molecule has 0 aromatic carbocycles. The molecular weight excluding hydrogens is 224 g/mol. The minimum absolute atomic E-state index is 0.139. The average Bonchev–Trinajstić information content (AvgIpc) is 3.07. The SMILES string of the molecule is CC[C@@H]1C(=O)NCCN1C(=O)[C@@H]1C[C@@H]1C(=O)O. The van der Waals surface area contributed by atoms with E-state index in [0.29, 0.717) is 25.9 Å². The number of amides is 2. The van der Waals surface area contributed by atoms with Crippen molar-refractivity contribution in [3.8, 4) is 0 Å². The molecule has 1 heterocycles. The topological polar surface area (TPSA) is 86.7 Å². The van der Waals surface area contributed by atoms with E-state index in [2.05, 4.69) is 5.32 Å². The van der Waals surface area contributed by atoms with E-state index in [0.717, 1.165) is 0 Å². The van der Waals surface area contributed by atoms with Gasteiger partial charge >= 0.3 is 5.97 Å². The number of rotatable bonds is 3. The zero-order valence-electron chi connectivity index (χ0n) is 9.68. The van der Waals surface area contributed by atoms with Crippen LogP contribution in [0.2, 0.25) is 0 Å². The molecule has 1 aliphatic carbocycles. The van der Waals surface area contributed by atoms with Gasteiger partial charge in [-0.2, -0.15) is 0 Å². The van der Waals surface area contributed by atoms with Gasteiger partial charge in [0.2, 0.25) is 11.8 Å². The van der Waals surface area contributed by atoms with Crippen molar-refractivity contribution >= 4 is 17.8 Å². The summed E-state index contributed by atoms with van der Waals surface area (Å²) in [6.45, 7) is 2.77. The second-order valence-corrected chi connectivity index (χ2v) is 4.53. The second kappa shape index (κ2) is 4.35. The van der Waals surface area contributed by atoms with Gasteiger partial charge in [-0.05, 0) is 12.8 Å². The molecule has 2 aliphatic rings. The second-order valence-electron chi connectivity index (χ2n) is 4.53. The lowest BCUT2D eigenvalue weighted by molar-refractivity contribution is -0.146. The summed E-state index contributed by atoms with van der Waals surface area (Å²) in [4.78, 5) is 35.9. The van der Waals surface area contributed by atoms with Crippen LogP contribution in [0.15, 0.2) is 0 Å². The van der Waals surface area contributed by atoms with E-state index in [1.165, 1.54) is 4.90 Å². The Kier molecular flexibility index (Phi) is 3.04. The predicted molar refractivity (Wildman–Crippen MR) is 58.0 cm³/mol. The normalized spacial score (nSPS) is 31.9. The van der Waals surface area contributed by atoms with Crippen LogP contribution < -0.4 is 5.32 Å². The largest absolute Gasteiger partial charge is 0.481 e. The molecule has 0 aromatic heterocycles. The summed E-state index contributed by atoms with van der Waals surface area (Å²) >= 11 is 0. The Morgan fingerprint density at radius 2 is 2.18 bits per heavy atom. The van der Waals surface area contributed by atoms with E-state index in [-0.39, 0.29) is 11.8 Å². The van der Waals surface area contributed by atoms with Crippen LogP contribution in [-0.2, 0) is 14.4 Å². The molecule has 0 bridgehead atoms. The Labute approximate surface area is 99.0 Å². The maximum Gasteiger partial charge on any atom is 0.307 e. The summed E-state index contributed by atoms with van der Waals surface area (Å²) in [5.74, 6) is -2.21. The first-order chi connectivity index (χ1) is 8.06. The molecule has 1 saturated carbocycles. The molecule has 1 saturated heterocycles. The van der Waals surface area contributed by atoms with Gasteiger partial charge in [-0.1, -0.05) is 6.92 Å². The molecule has 0 radical (unpaired) electrons. The number of aliphatic carboxylic acids is 1. The van der Waals surface area contributed by atoms with E-state index < -0.39 is 23.8 Å². The third kappa shape index (κ3) is 2.11. The first-order valence-corrected chi connectivity index (χ1v) is 5.87. The number of nitrogens with zero attached hydrogens (tertiary/aromatic N) is 1. The van der Waals surface area contributed by atoms with Crippen LogP contribution in [0.25, 0.3) is 0 Å². The zero-order chi connectivity index (χ0) is 12.6. The van der Waals surface area contributed by atoms with Crippen LogP contribution in [0.1, 0.15) is 19.8 Å². The van der Waals surface area contributed by atoms with Crippen molar-refractivity contribution in [3.63, 3.8) is 0 Å². The standard InChI is InChI=1S/C11H16N2O4/c1-2-8-9(14)12-3-4-13(8)10(15)6-5-7(6)11(16)17/h6-8H,2-5H2,1H3,(H,12,14)(H,16,17)/t6-,7+,8-/m1/s1. The maximum absolute atomic E-state index is 12.1. The first-order valence-electron chi connectivity index (χ1n) is 5.87. The van der Waals surface area contributed by atoms with Crippen molar-refractivity contribution in [2.45, 2.75) is 25.8 Å². The maximum atomic E-state index is 12.1. The number of carboxylic acid groups (broad SMARTS) is 1. The van der Waals surface area contributed by atoms with Gasteiger partial charge in [0.1, 0.15) is 6.04 Å². The van der Waals surface area contributed by atoms with Crippen LogP contribution in [-0.4, -0.2) is 46.9 Å². The van der Waals surface area contributed by atoms with Crippen LogP contribution in [0.5, 0.6) is 0 Å². The number of hydrogen-bond acceptors (Lipinski definition) is 3. The lowest BCUT2D eigenvalue weighted by Crippen LogP contribution is -2.57. The smallest absolute Gasteiger partial charge is 0.307 e. The van der Waals surface area contributed by atoms with Crippen molar-refractivity contribution in [2.75, 3.05) is 13.1 Å². The third-order valence-electron chi connectivity index (χ3n) is 3.43. The highest BCUT2D eigenvalue weighted by atomic mass is 16.4. The van der Waals surface area contributed by atoms with Crippen molar-refractivity contribution in [2.24, 2.45) is 11.8 Å². The molecule has 0 unspecified atom stereocenters. The number of nitrogens with one attached hydrogen (secondary N) is 1. The monoisotopic (exact) mass is 240 g/mol. The molecule has 2 N–H and O–H groups in total. The molecule has 0 spiro atoms. The van der Waals surface area contributed by atoms with E-state index >= 15 is 0 Å². The highest BCUT2D eigenvalue weighted by molar-refractivity contribution is 5.93. The summed E-state index contributed by atoms with van der Waals surface area (Å²) in [6.07, 6.45) is 0.963. The molecule has 2 fully saturated rings. The summed E-state index contributed by atoms with van der Waals surface area (Å²) in [7, 11) is 0. The van der Waals surface area contributed by atoms with Gasteiger partial charge in [-0.25, -0.2) is 0 Å². The van der Waals surface area contributed by atoms with Crippen LogP contribution in [0.4, 0.5) is 0 Å². The van der Waals surface area contributed by atoms with Gasteiger partial charge in [-0.15, -0.1) is 0 Å². The van der Waals surface area contributed by atoms with Crippen LogP contribution in [0, 0.1) is 11.8 Å². The van der Waals surface area contributed by atoms with E-state index in [1.54, 1.807) is 0 Å². The highest BCUT2D eigenvalue weighted by Gasteiger charge is 2.51. The summed E-state index contributed by atoms with van der Waals surface area (Å²) in [5, 5.41) is 11.5. The Morgan fingerprint density at radius 1 is 1.47 bits per heavy atom. The first kappa shape index (κ1) is 11.9. The van der Waals surface area contributed by atoms with Gasteiger partial charge in [-0.3, -0.25) is 14.4 Å². The quantitative estimate of drug-likeness (QED) is 0.692. The predicted octanol–water partition coefficient (Wildman–Crippen LogP) is -0.556. The third-order valence-corrected chi connectivity index (χ3v) is 3.43. The fourth-order valence-electron chi connectivity index (χ4n) is 2.34. The fourth-order valence-corrected chi connectivity index (χ4v) is 2.34.